The molecule has 0 N–H and O–H groups in total. The van der Waals surface area contributed by atoms with Crippen LogP contribution in [0, 0.1) is 0 Å². The van der Waals surface area contributed by atoms with Crippen molar-refractivity contribution in [1.29, 1.82) is 0 Å². The Balaban J connectivity index is 1.13. The van der Waals surface area contributed by atoms with Gasteiger partial charge in [0.1, 0.15) is 10.9 Å². The molecule has 7 nitrogen and oxygen atoms in total. The summed E-state index contributed by atoms with van der Waals surface area (Å²) in [5, 5.41) is 0.872. The SMILES string of the molecule is O=S(=O)(c1ccc(Cl)c(COC2(c3cnccc3-c3ccccc3OC3CC3)CC2)c1)N1CCc2nc(Cl)ccc2C1. The molecule has 0 unspecified atom stereocenters. The van der Waals surface area contributed by atoms with Crippen LogP contribution in [0.5, 0.6) is 5.75 Å². The van der Waals surface area contributed by atoms with Gasteiger partial charge in [-0.2, -0.15) is 4.31 Å². The smallest absolute Gasteiger partial charge is 0.243 e. The quantitative estimate of drug-likeness (QED) is 0.188. The van der Waals surface area contributed by atoms with Gasteiger partial charge in [-0.05, 0) is 78.8 Å². The lowest BCUT2D eigenvalue weighted by molar-refractivity contribution is 0.0173. The second kappa shape index (κ2) is 10.9. The van der Waals surface area contributed by atoms with Crippen LogP contribution in [0.4, 0.5) is 0 Å². The van der Waals surface area contributed by atoms with Gasteiger partial charge in [-0.3, -0.25) is 4.98 Å². The molecular formula is C32H29Cl2N3O4S. The van der Waals surface area contributed by atoms with Gasteiger partial charge in [0.15, 0.2) is 0 Å². The average Bonchev–Trinajstić information content (AvgIpc) is 3.94. The summed E-state index contributed by atoms with van der Waals surface area (Å²) in [5.74, 6) is 0.864. The third-order valence-electron chi connectivity index (χ3n) is 8.15. The fourth-order valence-corrected chi connectivity index (χ4v) is 7.32. The van der Waals surface area contributed by atoms with E-state index >= 15 is 0 Å². The molecule has 2 aromatic carbocycles. The standard InChI is InChI=1S/C32H29Cl2N3O4S/c33-28-9-8-24(42(38,39)37-16-12-29-21(19-37)5-10-31(34)36-29)17-22(28)20-40-32(13-14-32)27-18-35-15-11-25(27)26-3-1-2-4-30(26)41-23-6-7-23/h1-5,8-11,15,17-18,23H,6-7,12-14,16,19-20H2. The maximum Gasteiger partial charge on any atom is 0.243 e. The van der Waals surface area contributed by atoms with Crippen LogP contribution < -0.4 is 4.74 Å². The molecule has 216 valence electrons. The number of para-hydroxylation sites is 1. The molecule has 2 aliphatic carbocycles. The summed E-state index contributed by atoms with van der Waals surface area (Å²) in [7, 11) is -3.76. The number of ether oxygens (including phenoxy) is 2. The molecule has 4 aromatic rings. The van der Waals surface area contributed by atoms with Gasteiger partial charge in [0.2, 0.25) is 10.0 Å². The van der Waals surface area contributed by atoms with E-state index in [1.165, 1.54) is 4.31 Å². The van der Waals surface area contributed by atoms with E-state index in [2.05, 4.69) is 16.0 Å². The van der Waals surface area contributed by atoms with Gasteiger partial charge in [-0.25, -0.2) is 13.4 Å². The molecule has 7 rings (SSSR count). The second-order valence-electron chi connectivity index (χ2n) is 11.1. The van der Waals surface area contributed by atoms with Gasteiger partial charge in [0.05, 0.1) is 23.2 Å². The van der Waals surface area contributed by atoms with E-state index in [9.17, 15) is 8.42 Å². The Bertz CT molecular complexity index is 1770. The average molecular weight is 623 g/mol. The number of pyridine rings is 2. The van der Waals surface area contributed by atoms with Crippen LogP contribution in [-0.2, 0) is 39.9 Å². The summed E-state index contributed by atoms with van der Waals surface area (Å²) in [6.45, 7) is 0.743. The summed E-state index contributed by atoms with van der Waals surface area (Å²) in [6, 6.07) is 18.4. The lowest BCUT2D eigenvalue weighted by atomic mass is 9.96. The Hall–Kier alpha value is -3.01. The Morgan fingerprint density at radius 2 is 1.83 bits per heavy atom. The molecule has 2 aromatic heterocycles. The van der Waals surface area contributed by atoms with E-state index in [4.69, 9.17) is 32.7 Å². The van der Waals surface area contributed by atoms with Gasteiger partial charge >= 0.3 is 0 Å². The van der Waals surface area contributed by atoms with E-state index in [1.54, 1.807) is 30.5 Å². The molecule has 10 heteroatoms. The normalized spacial score (nSPS) is 18.0. The predicted octanol–water partition coefficient (Wildman–Crippen LogP) is 6.94. The summed E-state index contributed by atoms with van der Waals surface area (Å²) in [4.78, 5) is 8.97. The molecule has 0 spiro atoms. The minimum Gasteiger partial charge on any atom is -0.490 e. The lowest BCUT2D eigenvalue weighted by Gasteiger charge is -2.28. The van der Waals surface area contributed by atoms with Crippen LogP contribution >= 0.6 is 23.2 Å². The highest BCUT2D eigenvalue weighted by Gasteiger charge is 2.48. The van der Waals surface area contributed by atoms with Crippen molar-refractivity contribution in [3.63, 3.8) is 0 Å². The van der Waals surface area contributed by atoms with Crippen molar-refractivity contribution in [3.8, 4) is 16.9 Å². The highest BCUT2D eigenvalue weighted by atomic mass is 35.5. The third-order valence-corrected chi connectivity index (χ3v) is 10.6. The first kappa shape index (κ1) is 27.8. The van der Waals surface area contributed by atoms with Crippen LogP contribution in [0.25, 0.3) is 11.1 Å². The molecule has 0 saturated heterocycles. The zero-order valence-electron chi connectivity index (χ0n) is 22.8. The number of fused-ring (bicyclic) bond motifs is 1. The van der Waals surface area contributed by atoms with Crippen molar-refractivity contribution < 1.29 is 17.9 Å². The van der Waals surface area contributed by atoms with Gasteiger partial charge in [-0.1, -0.05) is 47.5 Å². The molecule has 0 amide bonds. The fourth-order valence-electron chi connectivity index (χ4n) is 5.51. The molecule has 3 aliphatic rings. The zero-order chi connectivity index (χ0) is 28.9. The molecule has 0 atom stereocenters. The van der Waals surface area contributed by atoms with Crippen LogP contribution in [0.2, 0.25) is 10.2 Å². The van der Waals surface area contributed by atoms with E-state index in [1.807, 2.05) is 36.5 Å². The molecule has 42 heavy (non-hydrogen) atoms. The number of hydrogen-bond donors (Lipinski definition) is 0. The van der Waals surface area contributed by atoms with E-state index < -0.39 is 15.6 Å². The minimum atomic E-state index is -3.76. The molecule has 1 aliphatic heterocycles. The maximum atomic E-state index is 13.7. The Morgan fingerprint density at radius 1 is 1.00 bits per heavy atom. The Kier molecular flexibility index (Phi) is 7.23. The van der Waals surface area contributed by atoms with Crippen molar-refractivity contribution >= 4 is 33.2 Å². The third kappa shape index (κ3) is 5.42. The van der Waals surface area contributed by atoms with Crippen molar-refractivity contribution in [2.24, 2.45) is 0 Å². The van der Waals surface area contributed by atoms with Gasteiger partial charge in [-0.15, -0.1) is 0 Å². The Labute approximate surface area is 255 Å². The van der Waals surface area contributed by atoms with Crippen molar-refractivity contribution in [1.82, 2.24) is 14.3 Å². The molecule has 3 heterocycles. The highest BCUT2D eigenvalue weighted by Crippen LogP contribution is 2.53. The van der Waals surface area contributed by atoms with Gasteiger partial charge < -0.3 is 9.47 Å². The number of aromatic nitrogens is 2. The number of benzene rings is 2. The summed E-state index contributed by atoms with van der Waals surface area (Å²) < 4.78 is 41.6. The first-order chi connectivity index (χ1) is 20.3. The monoisotopic (exact) mass is 621 g/mol. The van der Waals surface area contributed by atoms with Crippen molar-refractivity contribution in [2.75, 3.05) is 6.54 Å². The summed E-state index contributed by atoms with van der Waals surface area (Å²) in [6.07, 6.45) is 8.27. The van der Waals surface area contributed by atoms with E-state index in [-0.39, 0.29) is 24.2 Å². The van der Waals surface area contributed by atoms with Crippen LogP contribution in [0.3, 0.4) is 0 Å². The Morgan fingerprint density at radius 3 is 2.64 bits per heavy atom. The number of nitrogens with zero attached hydrogens (tertiary/aromatic N) is 3. The summed E-state index contributed by atoms with van der Waals surface area (Å²) in [5.41, 5.74) is 4.84. The molecule has 0 bridgehead atoms. The van der Waals surface area contributed by atoms with E-state index in [0.717, 1.165) is 59.4 Å². The second-order valence-corrected chi connectivity index (χ2v) is 13.8. The maximum absolute atomic E-state index is 13.7. The largest absolute Gasteiger partial charge is 0.490 e. The number of sulfonamides is 1. The van der Waals surface area contributed by atoms with Crippen molar-refractivity contribution in [3.05, 3.63) is 106 Å². The van der Waals surface area contributed by atoms with Gasteiger partial charge in [0.25, 0.3) is 0 Å². The first-order valence-electron chi connectivity index (χ1n) is 14.1. The van der Waals surface area contributed by atoms with Crippen LogP contribution in [0.15, 0.2) is 78.0 Å². The number of rotatable bonds is 9. The van der Waals surface area contributed by atoms with Crippen LogP contribution in [-0.4, -0.2) is 35.3 Å². The molecule has 0 radical (unpaired) electrons. The highest BCUT2D eigenvalue weighted by molar-refractivity contribution is 7.89. The predicted molar refractivity (Wildman–Crippen MR) is 161 cm³/mol. The lowest BCUT2D eigenvalue weighted by Crippen LogP contribution is -2.36. The van der Waals surface area contributed by atoms with Gasteiger partial charge in [0, 0.05) is 53.7 Å². The summed E-state index contributed by atoms with van der Waals surface area (Å²) >= 11 is 12.6. The molecular weight excluding hydrogens is 593 g/mol. The molecule has 2 fully saturated rings. The number of hydrogen-bond acceptors (Lipinski definition) is 6. The van der Waals surface area contributed by atoms with Crippen LogP contribution in [0.1, 0.15) is 48.1 Å². The fraction of sp³-hybridized carbons (Fsp3) is 0.312. The van der Waals surface area contributed by atoms with Crippen molar-refractivity contribution in [2.45, 2.75) is 61.9 Å². The zero-order valence-corrected chi connectivity index (χ0v) is 25.1. The molecule has 2 saturated carbocycles. The van der Waals surface area contributed by atoms with E-state index in [0.29, 0.717) is 28.7 Å². The topological polar surface area (TPSA) is 81.6 Å². The number of halogens is 2. The minimum absolute atomic E-state index is 0.169. The first-order valence-corrected chi connectivity index (χ1v) is 16.3.